The van der Waals surface area contributed by atoms with Crippen LogP contribution in [0.15, 0.2) is 53.1 Å². The predicted octanol–water partition coefficient (Wildman–Crippen LogP) is 4.85. The van der Waals surface area contributed by atoms with E-state index in [-0.39, 0.29) is 12.3 Å². The van der Waals surface area contributed by atoms with E-state index < -0.39 is 5.97 Å². The van der Waals surface area contributed by atoms with Crippen LogP contribution in [0.2, 0.25) is 5.02 Å². The average molecular weight is 358 g/mol. The van der Waals surface area contributed by atoms with Crippen molar-refractivity contribution < 1.29 is 18.8 Å². The number of carbonyl (C=O) groups is 1. The van der Waals surface area contributed by atoms with Crippen LogP contribution in [0, 0.1) is 0 Å². The highest BCUT2D eigenvalue weighted by atomic mass is 35.5. The molecule has 0 radical (unpaired) electrons. The van der Waals surface area contributed by atoms with Crippen molar-refractivity contribution in [3.63, 3.8) is 0 Å². The van der Waals surface area contributed by atoms with E-state index in [0.717, 1.165) is 16.9 Å². The minimum atomic E-state index is -0.532. The predicted molar refractivity (Wildman–Crippen MR) is 94.9 cm³/mol. The second-order valence-electron chi connectivity index (χ2n) is 5.19. The molecule has 0 bridgehead atoms. The molecule has 0 fully saturated rings. The second kappa shape index (κ2) is 7.40. The van der Waals surface area contributed by atoms with Gasteiger partial charge in [0.05, 0.1) is 19.3 Å². The lowest BCUT2D eigenvalue weighted by molar-refractivity contribution is 0.0515. The van der Waals surface area contributed by atoms with E-state index in [0.29, 0.717) is 16.3 Å². The zero-order valence-corrected chi connectivity index (χ0v) is 14.5. The minimum Gasteiger partial charge on any atom is -0.497 e. The molecule has 0 aliphatic carbocycles. The highest BCUT2D eigenvalue weighted by molar-refractivity contribution is 6.30. The van der Waals surface area contributed by atoms with Crippen molar-refractivity contribution in [3.05, 3.63) is 59.2 Å². The number of aromatic nitrogens is 1. The van der Waals surface area contributed by atoms with Gasteiger partial charge in [0, 0.05) is 10.6 Å². The Hall–Kier alpha value is -2.79. The van der Waals surface area contributed by atoms with Crippen molar-refractivity contribution in [1.82, 2.24) is 5.16 Å². The Balaban J connectivity index is 2.14. The molecular weight excluding hydrogens is 342 g/mol. The maximum Gasteiger partial charge on any atom is 0.361 e. The standard InChI is InChI=1S/C19H16ClNO4/c1-3-24-19(22)17-16(12-4-8-14(20)9-5-12)18(25-21-17)13-6-10-15(23-2)11-7-13/h4-11H,3H2,1-2H3. The molecule has 0 aliphatic heterocycles. The van der Waals surface area contributed by atoms with Crippen molar-refractivity contribution in [3.8, 4) is 28.2 Å². The summed E-state index contributed by atoms with van der Waals surface area (Å²) >= 11 is 5.97. The van der Waals surface area contributed by atoms with Gasteiger partial charge in [0.25, 0.3) is 0 Å². The van der Waals surface area contributed by atoms with E-state index in [1.165, 1.54) is 0 Å². The van der Waals surface area contributed by atoms with Crippen LogP contribution >= 0.6 is 11.6 Å². The Morgan fingerprint density at radius 3 is 2.32 bits per heavy atom. The molecule has 0 N–H and O–H groups in total. The van der Waals surface area contributed by atoms with Gasteiger partial charge in [-0.3, -0.25) is 0 Å². The van der Waals surface area contributed by atoms with Gasteiger partial charge >= 0.3 is 5.97 Å². The molecule has 128 valence electrons. The van der Waals surface area contributed by atoms with Crippen LogP contribution in [0.4, 0.5) is 0 Å². The van der Waals surface area contributed by atoms with Crippen molar-refractivity contribution in [2.75, 3.05) is 13.7 Å². The fourth-order valence-corrected chi connectivity index (χ4v) is 2.58. The number of rotatable bonds is 5. The lowest BCUT2D eigenvalue weighted by Gasteiger charge is -2.06. The van der Waals surface area contributed by atoms with E-state index in [4.69, 9.17) is 25.6 Å². The van der Waals surface area contributed by atoms with Crippen LogP contribution in [0.25, 0.3) is 22.5 Å². The fourth-order valence-electron chi connectivity index (χ4n) is 2.45. The van der Waals surface area contributed by atoms with Crippen LogP contribution in [0.1, 0.15) is 17.4 Å². The first-order valence-corrected chi connectivity index (χ1v) is 8.09. The topological polar surface area (TPSA) is 61.6 Å². The van der Waals surface area contributed by atoms with E-state index in [1.54, 1.807) is 26.2 Å². The third-order valence-corrected chi connectivity index (χ3v) is 3.90. The van der Waals surface area contributed by atoms with Gasteiger partial charge in [0.15, 0.2) is 11.5 Å². The van der Waals surface area contributed by atoms with Crippen LogP contribution in [-0.4, -0.2) is 24.8 Å². The quantitative estimate of drug-likeness (QED) is 0.611. The van der Waals surface area contributed by atoms with E-state index in [9.17, 15) is 4.79 Å². The number of benzene rings is 2. The van der Waals surface area contributed by atoms with Gasteiger partial charge in [-0.2, -0.15) is 0 Å². The normalized spacial score (nSPS) is 10.5. The minimum absolute atomic E-state index is 0.134. The van der Waals surface area contributed by atoms with Gasteiger partial charge in [-0.15, -0.1) is 0 Å². The Labute approximate surface area is 150 Å². The number of carbonyl (C=O) groups excluding carboxylic acids is 1. The molecule has 0 unspecified atom stereocenters. The molecular formula is C19H16ClNO4. The molecule has 0 amide bonds. The molecule has 3 rings (SSSR count). The van der Waals surface area contributed by atoms with Gasteiger partial charge in [-0.25, -0.2) is 4.79 Å². The molecule has 1 aromatic heterocycles. The average Bonchev–Trinajstić information content (AvgIpc) is 3.08. The lowest BCUT2D eigenvalue weighted by Crippen LogP contribution is -2.06. The molecule has 6 heteroatoms. The third kappa shape index (κ3) is 3.51. The first-order chi connectivity index (χ1) is 12.1. The molecule has 0 aliphatic rings. The summed E-state index contributed by atoms with van der Waals surface area (Å²) in [4.78, 5) is 12.3. The van der Waals surface area contributed by atoms with Gasteiger partial charge in [0.1, 0.15) is 5.75 Å². The number of hydrogen-bond donors (Lipinski definition) is 0. The molecule has 2 aromatic carbocycles. The van der Waals surface area contributed by atoms with Crippen molar-refractivity contribution in [2.45, 2.75) is 6.92 Å². The van der Waals surface area contributed by atoms with Gasteiger partial charge in [0.2, 0.25) is 0 Å². The highest BCUT2D eigenvalue weighted by Crippen LogP contribution is 2.36. The summed E-state index contributed by atoms with van der Waals surface area (Å²) in [7, 11) is 1.60. The van der Waals surface area contributed by atoms with Crippen LogP contribution in [0.3, 0.4) is 0 Å². The van der Waals surface area contributed by atoms with Crippen LogP contribution in [0.5, 0.6) is 5.75 Å². The summed E-state index contributed by atoms with van der Waals surface area (Å²) in [5, 5.41) is 4.54. The molecule has 0 saturated carbocycles. The van der Waals surface area contributed by atoms with Crippen LogP contribution < -0.4 is 4.74 Å². The SMILES string of the molecule is CCOC(=O)c1noc(-c2ccc(OC)cc2)c1-c1ccc(Cl)cc1. The molecule has 0 spiro atoms. The van der Waals surface area contributed by atoms with E-state index in [1.807, 2.05) is 36.4 Å². The lowest BCUT2D eigenvalue weighted by atomic mass is 9.99. The summed E-state index contributed by atoms with van der Waals surface area (Å²) in [6.45, 7) is 1.99. The van der Waals surface area contributed by atoms with Crippen molar-refractivity contribution >= 4 is 17.6 Å². The second-order valence-corrected chi connectivity index (χ2v) is 5.63. The third-order valence-electron chi connectivity index (χ3n) is 3.65. The molecule has 25 heavy (non-hydrogen) atoms. The van der Waals surface area contributed by atoms with Crippen molar-refractivity contribution in [2.24, 2.45) is 0 Å². The Morgan fingerprint density at radius 1 is 1.08 bits per heavy atom. The van der Waals surface area contributed by atoms with Gasteiger partial charge in [-0.05, 0) is 48.9 Å². The van der Waals surface area contributed by atoms with Gasteiger partial charge < -0.3 is 14.0 Å². The zero-order valence-electron chi connectivity index (χ0n) is 13.8. The van der Waals surface area contributed by atoms with E-state index in [2.05, 4.69) is 5.16 Å². The first-order valence-electron chi connectivity index (χ1n) is 7.71. The Bertz CT molecular complexity index is 869. The number of ether oxygens (including phenoxy) is 2. The summed E-state index contributed by atoms with van der Waals surface area (Å²) in [5.41, 5.74) is 2.24. The molecule has 0 saturated heterocycles. The number of esters is 1. The largest absolute Gasteiger partial charge is 0.497 e. The molecule has 0 atom stereocenters. The zero-order chi connectivity index (χ0) is 17.8. The Morgan fingerprint density at radius 2 is 1.72 bits per heavy atom. The summed E-state index contributed by atoms with van der Waals surface area (Å²) in [5.74, 6) is 0.672. The monoisotopic (exact) mass is 357 g/mol. The number of methoxy groups -OCH3 is 1. The molecule has 5 nitrogen and oxygen atoms in total. The Kier molecular flexibility index (Phi) is 5.05. The summed E-state index contributed by atoms with van der Waals surface area (Å²) in [6, 6.07) is 14.4. The maximum absolute atomic E-state index is 12.3. The number of hydrogen-bond acceptors (Lipinski definition) is 5. The fraction of sp³-hybridized carbons (Fsp3) is 0.158. The maximum atomic E-state index is 12.3. The molecule has 3 aromatic rings. The molecule has 1 heterocycles. The first kappa shape index (κ1) is 17.0. The van der Waals surface area contributed by atoms with Crippen LogP contribution in [-0.2, 0) is 4.74 Å². The smallest absolute Gasteiger partial charge is 0.361 e. The summed E-state index contributed by atoms with van der Waals surface area (Å²) < 4.78 is 15.7. The number of halogens is 1. The van der Waals surface area contributed by atoms with E-state index >= 15 is 0 Å². The van der Waals surface area contributed by atoms with Crippen molar-refractivity contribution in [1.29, 1.82) is 0 Å². The summed E-state index contributed by atoms with van der Waals surface area (Å²) in [6.07, 6.45) is 0. The number of nitrogens with zero attached hydrogens (tertiary/aromatic N) is 1. The highest BCUT2D eigenvalue weighted by Gasteiger charge is 2.25. The van der Waals surface area contributed by atoms with Gasteiger partial charge in [-0.1, -0.05) is 28.9 Å².